The molecule has 0 fully saturated rings. The van der Waals surface area contributed by atoms with Crippen LogP contribution in [0.2, 0.25) is 0 Å². The second-order valence-corrected chi connectivity index (χ2v) is 4.46. The highest BCUT2D eigenvalue weighted by molar-refractivity contribution is 9.10. The van der Waals surface area contributed by atoms with Gasteiger partial charge in [-0.2, -0.15) is 0 Å². The summed E-state index contributed by atoms with van der Waals surface area (Å²) in [5, 5.41) is 3.14. The van der Waals surface area contributed by atoms with Crippen molar-refractivity contribution in [2.75, 3.05) is 13.7 Å². The first-order valence-corrected chi connectivity index (χ1v) is 6.14. The topological polar surface area (TPSA) is 38.3 Å². The van der Waals surface area contributed by atoms with E-state index >= 15 is 0 Å². The van der Waals surface area contributed by atoms with Crippen LogP contribution in [0, 0.1) is 5.82 Å². The van der Waals surface area contributed by atoms with Gasteiger partial charge < -0.3 is 10.1 Å². The maximum atomic E-state index is 13.2. The maximum Gasteiger partial charge on any atom is 0.305 e. The number of carbonyl (C=O) groups is 1. The molecule has 0 spiro atoms. The van der Waals surface area contributed by atoms with Crippen molar-refractivity contribution in [3.05, 3.63) is 34.1 Å². The molecule has 0 heterocycles. The van der Waals surface area contributed by atoms with Crippen molar-refractivity contribution in [1.29, 1.82) is 0 Å². The molecule has 0 bridgehead atoms. The van der Waals surface area contributed by atoms with Gasteiger partial charge in [-0.3, -0.25) is 4.79 Å². The van der Waals surface area contributed by atoms with E-state index in [0.29, 0.717) is 30.4 Å². The highest BCUT2D eigenvalue weighted by Gasteiger charge is 2.01. The smallest absolute Gasteiger partial charge is 0.305 e. The first-order valence-electron chi connectivity index (χ1n) is 5.35. The van der Waals surface area contributed by atoms with E-state index < -0.39 is 0 Å². The molecule has 0 amide bonds. The summed E-state index contributed by atoms with van der Waals surface area (Å²) in [4.78, 5) is 10.8. The number of rotatable bonds is 6. The zero-order valence-electron chi connectivity index (χ0n) is 9.63. The average Bonchev–Trinajstić information content (AvgIpc) is 2.33. The Morgan fingerprint density at radius 2 is 2.29 bits per heavy atom. The summed E-state index contributed by atoms with van der Waals surface area (Å²) in [5.74, 6) is -0.472. The van der Waals surface area contributed by atoms with Crippen LogP contribution in [0.15, 0.2) is 22.7 Å². The van der Waals surface area contributed by atoms with Crippen molar-refractivity contribution >= 4 is 21.9 Å². The number of nitrogens with one attached hydrogen (secondary N) is 1. The lowest BCUT2D eigenvalue weighted by molar-refractivity contribution is -0.140. The van der Waals surface area contributed by atoms with E-state index in [-0.39, 0.29) is 11.8 Å². The molecule has 1 rings (SSSR count). The van der Waals surface area contributed by atoms with Crippen molar-refractivity contribution in [2.24, 2.45) is 0 Å². The Kier molecular flexibility index (Phi) is 6.15. The Morgan fingerprint density at radius 1 is 1.53 bits per heavy atom. The van der Waals surface area contributed by atoms with Gasteiger partial charge in [0.1, 0.15) is 5.82 Å². The number of methoxy groups -OCH3 is 1. The first kappa shape index (κ1) is 14.1. The Morgan fingerprint density at radius 3 is 2.94 bits per heavy atom. The number of esters is 1. The molecule has 0 aromatic heterocycles. The summed E-state index contributed by atoms with van der Waals surface area (Å²) >= 11 is 3.10. The van der Waals surface area contributed by atoms with Gasteiger partial charge in [0.2, 0.25) is 0 Å². The standard InChI is InChI=1S/C12H15BrFNO2/c1-17-12(16)3-2-6-15-8-9-4-5-10(13)11(14)7-9/h4-5,7,15H,2-3,6,8H2,1H3. The number of benzene rings is 1. The summed E-state index contributed by atoms with van der Waals surface area (Å²) < 4.78 is 18.2. The molecule has 17 heavy (non-hydrogen) atoms. The predicted molar refractivity (Wildman–Crippen MR) is 67.1 cm³/mol. The van der Waals surface area contributed by atoms with Crippen LogP contribution in [-0.2, 0) is 16.1 Å². The molecule has 0 saturated carbocycles. The molecule has 0 atom stereocenters. The molecule has 0 radical (unpaired) electrons. The van der Waals surface area contributed by atoms with Crippen LogP contribution >= 0.6 is 15.9 Å². The minimum Gasteiger partial charge on any atom is -0.469 e. The molecule has 0 aliphatic rings. The third kappa shape index (κ3) is 5.28. The quantitative estimate of drug-likeness (QED) is 0.648. The molecular formula is C12H15BrFNO2. The van der Waals surface area contributed by atoms with Crippen LogP contribution in [0.25, 0.3) is 0 Å². The van der Waals surface area contributed by atoms with Crippen LogP contribution in [0.1, 0.15) is 18.4 Å². The van der Waals surface area contributed by atoms with Gasteiger partial charge >= 0.3 is 5.97 Å². The molecule has 3 nitrogen and oxygen atoms in total. The van der Waals surface area contributed by atoms with Gasteiger partial charge in [0.25, 0.3) is 0 Å². The van der Waals surface area contributed by atoms with Gasteiger partial charge in [-0.15, -0.1) is 0 Å². The molecular weight excluding hydrogens is 289 g/mol. The third-order valence-electron chi connectivity index (χ3n) is 2.28. The molecule has 5 heteroatoms. The van der Waals surface area contributed by atoms with E-state index in [1.807, 2.05) is 6.07 Å². The van der Waals surface area contributed by atoms with E-state index in [0.717, 1.165) is 5.56 Å². The predicted octanol–water partition coefficient (Wildman–Crippen LogP) is 2.63. The Bertz CT molecular complexity index is 385. The second kappa shape index (κ2) is 7.40. The minimum atomic E-state index is -0.265. The average molecular weight is 304 g/mol. The zero-order valence-corrected chi connectivity index (χ0v) is 11.2. The van der Waals surface area contributed by atoms with Crippen molar-refractivity contribution in [3.8, 4) is 0 Å². The number of carbonyl (C=O) groups excluding carboxylic acids is 1. The summed E-state index contributed by atoms with van der Waals surface area (Å²) in [7, 11) is 1.38. The normalized spacial score (nSPS) is 10.3. The Hall–Kier alpha value is -0.940. The molecule has 1 aromatic rings. The summed E-state index contributed by atoms with van der Waals surface area (Å²) in [5.41, 5.74) is 0.878. The third-order valence-corrected chi connectivity index (χ3v) is 2.92. The fourth-order valence-corrected chi connectivity index (χ4v) is 1.59. The van der Waals surface area contributed by atoms with Gasteiger partial charge in [-0.1, -0.05) is 6.07 Å². The van der Waals surface area contributed by atoms with Crippen LogP contribution < -0.4 is 5.32 Å². The lowest BCUT2D eigenvalue weighted by Gasteiger charge is -2.05. The number of hydrogen-bond donors (Lipinski definition) is 1. The van der Waals surface area contributed by atoms with E-state index in [2.05, 4.69) is 26.0 Å². The van der Waals surface area contributed by atoms with Crippen molar-refractivity contribution < 1.29 is 13.9 Å². The highest BCUT2D eigenvalue weighted by Crippen LogP contribution is 2.16. The van der Waals surface area contributed by atoms with Crippen molar-refractivity contribution in [1.82, 2.24) is 5.32 Å². The monoisotopic (exact) mass is 303 g/mol. The van der Waals surface area contributed by atoms with E-state index in [9.17, 15) is 9.18 Å². The summed E-state index contributed by atoms with van der Waals surface area (Å²) in [6.45, 7) is 1.29. The largest absolute Gasteiger partial charge is 0.469 e. The zero-order chi connectivity index (χ0) is 12.7. The molecule has 0 aliphatic carbocycles. The lowest BCUT2D eigenvalue weighted by Crippen LogP contribution is -2.16. The van der Waals surface area contributed by atoms with Gasteiger partial charge in [-0.05, 0) is 46.6 Å². The maximum absolute atomic E-state index is 13.2. The van der Waals surface area contributed by atoms with Crippen LogP contribution in [0.3, 0.4) is 0 Å². The van der Waals surface area contributed by atoms with Crippen LogP contribution in [-0.4, -0.2) is 19.6 Å². The summed E-state index contributed by atoms with van der Waals surface area (Å²) in [6.07, 6.45) is 1.11. The Labute approximate surface area is 108 Å². The van der Waals surface area contributed by atoms with E-state index in [1.54, 1.807) is 6.07 Å². The fourth-order valence-electron chi connectivity index (χ4n) is 1.34. The number of ether oxygens (including phenoxy) is 1. The molecule has 0 unspecified atom stereocenters. The van der Waals surface area contributed by atoms with Crippen LogP contribution in [0.4, 0.5) is 4.39 Å². The van der Waals surface area contributed by atoms with E-state index in [4.69, 9.17) is 0 Å². The second-order valence-electron chi connectivity index (χ2n) is 3.60. The van der Waals surface area contributed by atoms with Crippen molar-refractivity contribution in [3.63, 3.8) is 0 Å². The molecule has 0 aliphatic heterocycles. The van der Waals surface area contributed by atoms with Crippen molar-refractivity contribution in [2.45, 2.75) is 19.4 Å². The fraction of sp³-hybridized carbons (Fsp3) is 0.417. The summed E-state index contributed by atoms with van der Waals surface area (Å²) in [6, 6.07) is 5.01. The minimum absolute atomic E-state index is 0.207. The molecule has 0 saturated heterocycles. The first-order chi connectivity index (χ1) is 8.13. The van der Waals surface area contributed by atoms with Gasteiger partial charge in [0.05, 0.1) is 11.6 Å². The molecule has 1 aromatic carbocycles. The van der Waals surface area contributed by atoms with E-state index in [1.165, 1.54) is 13.2 Å². The lowest BCUT2D eigenvalue weighted by atomic mass is 10.2. The number of hydrogen-bond acceptors (Lipinski definition) is 3. The highest BCUT2D eigenvalue weighted by atomic mass is 79.9. The SMILES string of the molecule is COC(=O)CCCNCc1ccc(Br)c(F)c1. The van der Waals surface area contributed by atoms with Gasteiger partial charge in [0.15, 0.2) is 0 Å². The number of halogens is 2. The van der Waals surface area contributed by atoms with Gasteiger partial charge in [0, 0.05) is 13.0 Å². The molecule has 1 N–H and O–H groups in total. The van der Waals surface area contributed by atoms with Gasteiger partial charge in [-0.25, -0.2) is 4.39 Å². The van der Waals surface area contributed by atoms with Crippen LogP contribution in [0.5, 0.6) is 0 Å². The Balaban J connectivity index is 2.22. The molecule has 94 valence electrons.